The minimum Gasteiger partial charge on any atom is -0.497 e. The summed E-state index contributed by atoms with van der Waals surface area (Å²) in [7, 11) is 1.68. The van der Waals surface area contributed by atoms with Crippen LogP contribution < -0.4 is 4.74 Å². The Kier molecular flexibility index (Phi) is 3.42. The van der Waals surface area contributed by atoms with Crippen LogP contribution in [0.5, 0.6) is 5.75 Å². The first-order valence-electron chi connectivity index (χ1n) is 6.89. The highest BCUT2D eigenvalue weighted by Crippen LogP contribution is 2.20. The molecule has 1 aromatic heterocycles. The zero-order valence-electron chi connectivity index (χ0n) is 11.8. The second-order valence-corrected chi connectivity index (χ2v) is 4.82. The van der Waals surface area contributed by atoms with Crippen molar-refractivity contribution >= 4 is 10.9 Å². The van der Waals surface area contributed by atoms with Crippen LogP contribution in [0.15, 0.2) is 48.5 Å². The number of aromatic nitrogens is 2. The number of para-hydroxylation sites is 1. The number of ether oxygens (including phenoxy) is 1. The molecule has 20 heavy (non-hydrogen) atoms. The molecule has 0 aliphatic rings. The van der Waals surface area contributed by atoms with Gasteiger partial charge in [0.2, 0.25) is 0 Å². The van der Waals surface area contributed by atoms with Gasteiger partial charge in [0, 0.05) is 5.39 Å². The minimum atomic E-state index is 0.782. The first-order valence-corrected chi connectivity index (χ1v) is 6.89. The highest BCUT2D eigenvalue weighted by atomic mass is 16.5. The molecule has 0 atom stereocenters. The Morgan fingerprint density at radius 3 is 2.50 bits per heavy atom. The summed E-state index contributed by atoms with van der Waals surface area (Å²) in [5, 5.41) is 5.98. The van der Waals surface area contributed by atoms with E-state index >= 15 is 0 Å². The summed E-state index contributed by atoms with van der Waals surface area (Å²) in [5.74, 6) is 0.883. The smallest absolute Gasteiger partial charge is 0.118 e. The number of fused-ring (bicyclic) bond motifs is 1. The Hall–Kier alpha value is -2.29. The molecular weight excluding hydrogens is 248 g/mol. The fourth-order valence-corrected chi connectivity index (χ4v) is 2.48. The lowest BCUT2D eigenvalue weighted by molar-refractivity contribution is 0.414. The van der Waals surface area contributed by atoms with E-state index in [0.717, 1.165) is 24.4 Å². The lowest BCUT2D eigenvalue weighted by Crippen LogP contribution is -2.02. The van der Waals surface area contributed by atoms with Crippen LogP contribution in [0, 0.1) is 0 Å². The summed E-state index contributed by atoms with van der Waals surface area (Å²) in [5.41, 5.74) is 3.58. The number of methoxy groups -OCH3 is 1. The van der Waals surface area contributed by atoms with Crippen LogP contribution in [0.4, 0.5) is 0 Å². The van der Waals surface area contributed by atoms with Crippen molar-refractivity contribution in [1.82, 2.24) is 9.78 Å². The number of rotatable bonds is 4. The summed E-state index contributed by atoms with van der Waals surface area (Å²) < 4.78 is 7.27. The van der Waals surface area contributed by atoms with Crippen LogP contribution in [0.2, 0.25) is 0 Å². The zero-order chi connectivity index (χ0) is 13.9. The largest absolute Gasteiger partial charge is 0.497 e. The van der Waals surface area contributed by atoms with Gasteiger partial charge in [-0.3, -0.25) is 4.68 Å². The first-order chi connectivity index (χ1) is 9.81. The predicted octanol–water partition coefficient (Wildman–Crippen LogP) is 3.66. The Labute approximate surface area is 118 Å². The van der Waals surface area contributed by atoms with Crippen LogP contribution in [0.3, 0.4) is 0 Å². The maximum absolute atomic E-state index is 5.19. The molecule has 0 radical (unpaired) electrons. The van der Waals surface area contributed by atoms with Crippen molar-refractivity contribution in [3.63, 3.8) is 0 Å². The van der Waals surface area contributed by atoms with Crippen molar-refractivity contribution in [2.45, 2.75) is 19.9 Å². The monoisotopic (exact) mass is 266 g/mol. The average Bonchev–Trinajstić information content (AvgIpc) is 2.86. The molecule has 0 bridgehead atoms. The van der Waals surface area contributed by atoms with E-state index in [1.165, 1.54) is 16.5 Å². The van der Waals surface area contributed by atoms with Crippen molar-refractivity contribution in [3.8, 4) is 5.75 Å². The molecule has 3 heteroatoms. The molecule has 3 aromatic rings. The summed E-state index contributed by atoms with van der Waals surface area (Å²) in [6, 6.07) is 16.6. The van der Waals surface area contributed by atoms with Gasteiger partial charge in [-0.05, 0) is 30.2 Å². The minimum absolute atomic E-state index is 0.782. The maximum Gasteiger partial charge on any atom is 0.118 e. The molecule has 0 aliphatic heterocycles. The molecule has 0 unspecified atom stereocenters. The van der Waals surface area contributed by atoms with Crippen LogP contribution in [-0.4, -0.2) is 16.9 Å². The number of benzene rings is 2. The number of aryl methyl sites for hydroxylation is 1. The third kappa shape index (κ3) is 2.27. The van der Waals surface area contributed by atoms with Gasteiger partial charge in [0.05, 0.1) is 24.9 Å². The van der Waals surface area contributed by atoms with Gasteiger partial charge in [0.25, 0.3) is 0 Å². The highest BCUT2D eigenvalue weighted by molar-refractivity contribution is 5.82. The van der Waals surface area contributed by atoms with Crippen molar-refractivity contribution in [3.05, 3.63) is 59.8 Å². The van der Waals surface area contributed by atoms with E-state index in [2.05, 4.69) is 48.0 Å². The van der Waals surface area contributed by atoms with Gasteiger partial charge in [-0.1, -0.05) is 37.3 Å². The van der Waals surface area contributed by atoms with Gasteiger partial charge < -0.3 is 4.74 Å². The predicted molar refractivity (Wildman–Crippen MR) is 81.2 cm³/mol. The zero-order valence-corrected chi connectivity index (χ0v) is 11.8. The van der Waals surface area contributed by atoms with Gasteiger partial charge in [-0.25, -0.2) is 0 Å². The Balaban J connectivity index is 1.97. The van der Waals surface area contributed by atoms with E-state index in [4.69, 9.17) is 9.84 Å². The molecule has 0 N–H and O–H groups in total. The lowest BCUT2D eigenvalue weighted by atomic mass is 10.2. The molecule has 0 aliphatic carbocycles. The van der Waals surface area contributed by atoms with E-state index in [-0.39, 0.29) is 0 Å². The molecule has 3 nitrogen and oxygen atoms in total. The van der Waals surface area contributed by atoms with Gasteiger partial charge >= 0.3 is 0 Å². The van der Waals surface area contributed by atoms with E-state index in [1.807, 2.05) is 12.1 Å². The van der Waals surface area contributed by atoms with Gasteiger partial charge in [0.15, 0.2) is 0 Å². The standard InChI is InChI=1S/C17H18N2O/c1-3-16-15-6-4-5-7-17(15)19(18-16)12-13-8-10-14(20-2)11-9-13/h4-11H,3,12H2,1-2H3. The van der Waals surface area contributed by atoms with Crippen LogP contribution >= 0.6 is 0 Å². The summed E-state index contributed by atoms with van der Waals surface area (Å²) in [6.45, 7) is 2.93. The van der Waals surface area contributed by atoms with E-state index < -0.39 is 0 Å². The molecule has 0 saturated heterocycles. The van der Waals surface area contributed by atoms with E-state index in [0.29, 0.717) is 0 Å². The fraction of sp³-hybridized carbons (Fsp3) is 0.235. The second-order valence-electron chi connectivity index (χ2n) is 4.82. The van der Waals surface area contributed by atoms with Gasteiger partial charge in [-0.2, -0.15) is 5.10 Å². The lowest BCUT2D eigenvalue weighted by Gasteiger charge is -2.05. The Bertz CT molecular complexity index is 713. The number of hydrogen-bond acceptors (Lipinski definition) is 2. The molecule has 0 spiro atoms. The molecular formula is C17H18N2O. The van der Waals surface area contributed by atoms with Crippen LogP contribution in [0.25, 0.3) is 10.9 Å². The molecule has 0 fully saturated rings. The Morgan fingerprint density at radius 1 is 1.05 bits per heavy atom. The molecule has 0 saturated carbocycles. The van der Waals surface area contributed by atoms with Crippen molar-refractivity contribution < 1.29 is 4.74 Å². The van der Waals surface area contributed by atoms with E-state index in [1.54, 1.807) is 7.11 Å². The SMILES string of the molecule is CCc1nn(Cc2ccc(OC)cc2)c2ccccc12. The third-order valence-electron chi connectivity index (χ3n) is 3.56. The molecule has 1 heterocycles. The van der Waals surface area contributed by atoms with Crippen LogP contribution in [0.1, 0.15) is 18.2 Å². The van der Waals surface area contributed by atoms with Gasteiger partial charge in [-0.15, -0.1) is 0 Å². The van der Waals surface area contributed by atoms with E-state index in [9.17, 15) is 0 Å². The normalized spacial score (nSPS) is 10.9. The fourth-order valence-electron chi connectivity index (χ4n) is 2.48. The second kappa shape index (κ2) is 5.37. The summed E-state index contributed by atoms with van der Waals surface area (Å²) in [6.07, 6.45) is 0.954. The highest BCUT2D eigenvalue weighted by Gasteiger charge is 2.08. The van der Waals surface area contributed by atoms with Crippen molar-refractivity contribution in [1.29, 1.82) is 0 Å². The molecule has 3 rings (SSSR count). The maximum atomic E-state index is 5.19. The van der Waals surface area contributed by atoms with Crippen molar-refractivity contribution in [2.24, 2.45) is 0 Å². The Morgan fingerprint density at radius 2 is 1.80 bits per heavy atom. The molecule has 2 aromatic carbocycles. The van der Waals surface area contributed by atoms with Crippen molar-refractivity contribution in [2.75, 3.05) is 7.11 Å². The average molecular weight is 266 g/mol. The molecule has 0 amide bonds. The quantitative estimate of drug-likeness (QED) is 0.720. The summed E-state index contributed by atoms with van der Waals surface area (Å²) >= 11 is 0. The van der Waals surface area contributed by atoms with Crippen LogP contribution in [-0.2, 0) is 13.0 Å². The topological polar surface area (TPSA) is 27.1 Å². The first kappa shape index (κ1) is 12.7. The third-order valence-corrected chi connectivity index (χ3v) is 3.56. The van der Waals surface area contributed by atoms with Gasteiger partial charge in [0.1, 0.15) is 5.75 Å². The summed E-state index contributed by atoms with van der Waals surface area (Å²) in [4.78, 5) is 0. The number of nitrogens with zero attached hydrogens (tertiary/aromatic N) is 2. The number of hydrogen-bond donors (Lipinski definition) is 0. The molecule has 102 valence electrons.